The van der Waals surface area contributed by atoms with E-state index in [0.29, 0.717) is 17.8 Å². The Morgan fingerprint density at radius 1 is 1.38 bits per heavy atom. The maximum Gasteiger partial charge on any atom is 0.428 e. The molecule has 6 heteroatoms. The third-order valence-electron chi connectivity index (χ3n) is 3.00. The second kappa shape index (κ2) is 3.07. The second-order valence-electron chi connectivity index (χ2n) is 4.00. The van der Waals surface area contributed by atoms with E-state index in [1.807, 2.05) is 0 Å². The van der Waals surface area contributed by atoms with E-state index in [1.165, 1.54) is 6.08 Å². The summed E-state index contributed by atoms with van der Waals surface area (Å²) in [6.07, 6.45) is 2.22. The number of carbonyl (C=O) groups excluding carboxylic acids is 1. The molecule has 0 saturated carbocycles. The molecular weight excluding hydrogens is 214 g/mol. The van der Waals surface area contributed by atoms with Crippen LogP contribution in [0.3, 0.4) is 0 Å². The van der Waals surface area contributed by atoms with Crippen LogP contribution >= 0.6 is 0 Å². The molecule has 0 saturated heterocycles. The van der Waals surface area contributed by atoms with Crippen LogP contribution in [0.2, 0.25) is 0 Å². The molecule has 0 aromatic heterocycles. The van der Waals surface area contributed by atoms with Crippen molar-refractivity contribution in [2.24, 2.45) is 0 Å². The lowest BCUT2D eigenvalue weighted by Crippen LogP contribution is -2.24. The Labute approximate surface area is 90.7 Å². The van der Waals surface area contributed by atoms with Crippen LogP contribution in [0.1, 0.15) is 19.3 Å². The van der Waals surface area contributed by atoms with E-state index >= 15 is 0 Å². The van der Waals surface area contributed by atoms with Crippen LogP contribution in [-0.4, -0.2) is 22.9 Å². The molecular formula is C10H9NO5. The molecule has 2 atom stereocenters. The number of ketones is 1. The summed E-state index contributed by atoms with van der Waals surface area (Å²) in [7, 11) is 0. The Bertz CT molecular complexity index is 450. The molecule has 16 heavy (non-hydrogen) atoms. The lowest BCUT2D eigenvalue weighted by Gasteiger charge is -2.13. The third kappa shape index (κ3) is 1.16. The Morgan fingerprint density at radius 3 is 2.94 bits per heavy atom. The molecule has 0 bridgehead atoms. The SMILES string of the molecule is O=C1CCCC2=C1[C@@H]1OC([N+](=O)[O-])=C[C@@H]1O2. The number of allylic oxidation sites excluding steroid dienone is 1. The quantitative estimate of drug-likeness (QED) is 0.487. The predicted octanol–water partition coefficient (Wildman–Crippen LogP) is 0.909. The Hall–Kier alpha value is -1.85. The first-order valence-corrected chi connectivity index (χ1v) is 5.12. The number of carbonyl (C=O) groups is 1. The van der Waals surface area contributed by atoms with E-state index in [4.69, 9.17) is 9.47 Å². The molecule has 6 nitrogen and oxygen atoms in total. The Kier molecular flexibility index (Phi) is 1.80. The number of Topliss-reactive ketones (excluding diaryl/α,β-unsaturated/α-hetero) is 1. The topological polar surface area (TPSA) is 78.7 Å². The van der Waals surface area contributed by atoms with Gasteiger partial charge in [0.05, 0.1) is 11.6 Å². The Morgan fingerprint density at radius 2 is 2.19 bits per heavy atom. The fourth-order valence-electron chi connectivity index (χ4n) is 2.33. The Balaban J connectivity index is 1.90. The van der Waals surface area contributed by atoms with Crippen LogP contribution in [0.25, 0.3) is 0 Å². The van der Waals surface area contributed by atoms with E-state index in [-0.39, 0.29) is 11.7 Å². The van der Waals surface area contributed by atoms with Gasteiger partial charge in [-0.05, 0) is 6.42 Å². The minimum absolute atomic E-state index is 0.00764. The van der Waals surface area contributed by atoms with Crippen molar-refractivity contribution < 1.29 is 19.2 Å². The molecule has 1 aliphatic carbocycles. The summed E-state index contributed by atoms with van der Waals surface area (Å²) >= 11 is 0. The van der Waals surface area contributed by atoms with E-state index in [0.717, 1.165) is 12.8 Å². The number of ether oxygens (including phenoxy) is 2. The van der Waals surface area contributed by atoms with E-state index in [2.05, 4.69) is 0 Å². The summed E-state index contributed by atoms with van der Waals surface area (Å²) in [5, 5.41) is 10.5. The molecule has 84 valence electrons. The summed E-state index contributed by atoms with van der Waals surface area (Å²) in [6, 6.07) is 0. The van der Waals surface area contributed by atoms with Gasteiger partial charge in [-0.2, -0.15) is 0 Å². The zero-order valence-electron chi connectivity index (χ0n) is 8.34. The van der Waals surface area contributed by atoms with Crippen LogP contribution in [-0.2, 0) is 14.3 Å². The predicted molar refractivity (Wildman–Crippen MR) is 50.7 cm³/mol. The second-order valence-corrected chi connectivity index (χ2v) is 4.00. The highest BCUT2D eigenvalue weighted by atomic mass is 16.7. The van der Waals surface area contributed by atoms with Crippen LogP contribution < -0.4 is 0 Å². The average Bonchev–Trinajstić information content (AvgIpc) is 2.73. The number of hydrogen-bond acceptors (Lipinski definition) is 5. The minimum atomic E-state index is -0.602. The monoisotopic (exact) mass is 223 g/mol. The van der Waals surface area contributed by atoms with Crippen molar-refractivity contribution in [3.05, 3.63) is 33.4 Å². The molecule has 0 aromatic rings. The average molecular weight is 223 g/mol. The lowest BCUT2D eigenvalue weighted by atomic mass is 9.93. The van der Waals surface area contributed by atoms with Crippen molar-refractivity contribution in [3.63, 3.8) is 0 Å². The van der Waals surface area contributed by atoms with Gasteiger partial charge in [0.15, 0.2) is 18.0 Å². The smallest absolute Gasteiger partial charge is 0.428 e. The largest absolute Gasteiger partial charge is 0.485 e. The normalized spacial score (nSPS) is 31.5. The first kappa shape index (κ1) is 9.38. The molecule has 0 aromatic carbocycles. The first-order chi connectivity index (χ1) is 7.66. The van der Waals surface area contributed by atoms with Gasteiger partial charge in [0.2, 0.25) is 0 Å². The lowest BCUT2D eigenvalue weighted by molar-refractivity contribution is -0.462. The van der Waals surface area contributed by atoms with Gasteiger partial charge >= 0.3 is 5.88 Å². The van der Waals surface area contributed by atoms with Crippen molar-refractivity contribution in [2.45, 2.75) is 31.5 Å². The first-order valence-electron chi connectivity index (χ1n) is 5.12. The highest BCUT2D eigenvalue weighted by Gasteiger charge is 2.48. The van der Waals surface area contributed by atoms with Crippen LogP contribution in [0.15, 0.2) is 23.3 Å². The fourth-order valence-corrected chi connectivity index (χ4v) is 2.33. The number of rotatable bonds is 1. The van der Waals surface area contributed by atoms with Gasteiger partial charge in [-0.25, -0.2) is 0 Å². The molecule has 2 aliphatic heterocycles. The highest BCUT2D eigenvalue weighted by molar-refractivity contribution is 5.98. The molecule has 3 rings (SSSR count). The van der Waals surface area contributed by atoms with Gasteiger partial charge < -0.3 is 9.47 Å². The molecule has 2 heterocycles. The molecule has 0 fully saturated rings. The van der Waals surface area contributed by atoms with Gasteiger partial charge in [-0.3, -0.25) is 14.9 Å². The van der Waals surface area contributed by atoms with Crippen LogP contribution in [0.4, 0.5) is 0 Å². The van der Waals surface area contributed by atoms with Gasteiger partial charge in [-0.15, -0.1) is 0 Å². The summed E-state index contributed by atoms with van der Waals surface area (Å²) in [5.74, 6) is 0.330. The number of nitro groups is 1. The summed E-state index contributed by atoms with van der Waals surface area (Å²) in [4.78, 5) is 21.6. The van der Waals surface area contributed by atoms with Gasteiger partial charge in [-0.1, -0.05) is 0 Å². The number of fused-ring (bicyclic) bond motifs is 2. The standard InChI is InChI=1S/C10H9NO5/c12-5-2-1-3-6-9(5)10-7(15-6)4-8(16-10)11(13)14/h4,7,10H,1-3H2/t7-,10+/m0/s1. The number of nitrogens with zero attached hydrogens (tertiary/aromatic N) is 1. The summed E-state index contributed by atoms with van der Waals surface area (Å²) in [5.41, 5.74) is 0.504. The van der Waals surface area contributed by atoms with Crippen molar-refractivity contribution in [3.8, 4) is 0 Å². The van der Waals surface area contributed by atoms with Crippen molar-refractivity contribution in [1.29, 1.82) is 0 Å². The van der Waals surface area contributed by atoms with Gasteiger partial charge in [0.25, 0.3) is 0 Å². The third-order valence-corrected chi connectivity index (χ3v) is 3.00. The summed E-state index contributed by atoms with van der Waals surface area (Å²) < 4.78 is 10.6. The molecule has 0 unspecified atom stereocenters. The molecule has 3 aliphatic rings. The molecule has 0 amide bonds. The van der Waals surface area contributed by atoms with Crippen molar-refractivity contribution >= 4 is 5.78 Å². The van der Waals surface area contributed by atoms with Gasteiger partial charge in [0, 0.05) is 12.8 Å². The van der Waals surface area contributed by atoms with E-state index in [1.54, 1.807) is 0 Å². The van der Waals surface area contributed by atoms with E-state index < -0.39 is 17.1 Å². The maximum absolute atomic E-state index is 11.7. The van der Waals surface area contributed by atoms with Crippen LogP contribution in [0.5, 0.6) is 0 Å². The van der Waals surface area contributed by atoms with Crippen molar-refractivity contribution in [2.75, 3.05) is 0 Å². The zero-order chi connectivity index (χ0) is 11.3. The van der Waals surface area contributed by atoms with Crippen molar-refractivity contribution in [1.82, 2.24) is 0 Å². The minimum Gasteiger partial charge on any atom is -0.485 e. The zero-order valence-corrected chi connectivity index (χ0v) is 8.34. The maximum atomic E-state index is 11.7. The van der Waals surface area contributed by atoms with E-state index in [9.17, 15) is 14.9 Å². The van der Waals surface area contributed by atoms with Gasteiger partial charge in [0.1, 0.15) is 10.7 Å². The highest BCUT2D eigenvalue weighted by Crippen LogP contribution is 2.40. The molecule has 0 spiro atoms. The number of hydrogen-bond donors (Lipinski definition) is 0. The fraction of sp³-hybridized carbons (Fsp3) is 0.500. The van der Waals surface area contributed by atoms with Crippen LogP contribution in [0, 0.1) is 10.1 Å². The molecule has 0 N–H and O–H groups in total. The molecule has 0 radical (unpaired) electrons. The summed E-state index contributed by atoms with van der Waals surface area (Å²) in [6.45, 7) is 0.